The summed E-state index contributed by atoms with van der Waals surface area (Å²) in [6, 6.07) is 0.280. The van der Waals surface area contributed by atoms with Crippen LogP contribution in [-0.4, -0.2) is 42.9 Å². The van der Waals surface area contributed by atoms with E-state index in [0.29, 0.717) is 18.9 Å². The van der Waals surface area contributed by atoms with Crippen LogP contribution < -0.4 is 4.90 Å². The van der Waals surface area contributed by atoms with Gasteiger partial charge in [0, 0.05) is 11.9 Å². The number of morpholine rings is 1. The van der Waals surface area contributed by atoms with Gasteiger partial charge < -0.3 is 14.4 Å². The molecule has 1 saturated heterocycles. The average molecular weight is 270 g/mol. The van der Waals surface area contributed by atoms with E-state index >= 15 is 0 Å². The summed E-state index contributed by atoms with van der Waals surface area (Å²) in [6.07, 6.45) is 0.191. The molecule has 0 radical (unpaired) electrons. The SMILES string of the molecule is CCOC(=O)c1csc(N2CC(C)OCC2C)n1. The predicted molar refractivity (Wildman–Crippen MR) is 70.3 cm³/mol. The van der Waals surface area contributed by atoms with Crippen LogP contribution in [0, 0.1) is 0 Å². The van der Waals surface area contributed by atoms with E-state index in [1.54, 1.807) is 12.3 Å². The summed E-state index contributed by atoms with van der Waals surface area (Å²) in [7, 11) is 0. The Balaban J connectivity index is 2.11. The summed E-state index contributed by atoms with van der Waals surface area (Å²) >= 11 is 1.47. The molecule has 2 unspecified atom stereocenters. The number of carbonyl (C=O) groups excluding carboxylic acids is 1. The van der Waals surface area contributed by atoms with Crippen molar-refractivity contribution in [2.45, 2.75) is 32.9 Å². The zero-order valence-electron chi connectivity index (χ0n) is 10.9. The molecule has 1 aromatic rings. The number of anilines is 1. The zero-order valence-corrected chi connectivity index (χ0v) is 11.7. The van der Waals surface area contributed by atoms with Gasteiger partial charge in [-0.25, -0.2) is 9.78 Å². The van der Waals surface area contributed by atoms with Crippen LogP contribution >= 0.6 is 11.3 Å². The standard InChI is InChI=1S/C12H18N2O3S/c1-4-16-11(15)10-7-18-12(13-10)14-5-9(3)17-6-8(14)2/h7-9H,4-6H2,1-3H3. The van der Waals surface area contributed by atoms with Gasteiger partial charge in [0.15, 0.2) is 10.8 Å². The first-order valence-electron chi connectivity index (χ1n) is 6.12. The lowest BCUT2D eigenvalue weighted by Crippen LogP contribution is -2.47. The van der Waals surface area contributed by atoms with Crippen LogP contribution in [0.3, 0.4) is 0 Å². The third-order valence-electron chi connectivity index (χ3n) is 2.83. The van der Waals surface area contributed by atoms with Crippen LogP contribution in [0.2, 0.25) is 0 Å². The fourth-order valence-corrected chi connectivity index (χ4v) is 2.77. The van der Waals surface area contributed by atoms with Gasteiger partial charge in [-0.15, -0.1) is 11.3 Å². The minimum atomic E-state index is -0.353. The molecule has 0 spiro atoms. The van der Waals surface area contributed by atoms with E-state index in [9.17, 15) is 4.79 Å². The van der Waals surface area contributed by atoms with E-state index in [1.807, 2.05) is 6.92 Å². The van der Waals surface area contributed by atoms with E-state index < -0.39 is 0 Å². The predicted octanol–water partition coefficient (Wildman–Crippen LogP) is 1.93. The Kier molecular flexibility index (Phi) is 4.19. The van der Waals surface area contributed by atoms with Gasteiger partial charge in [0.25, 0.3) is 0 Å². The molecule has 0 aliphatic carbocycles. The number of carbonyl (C=O) groups is 1. The Morgan fingerprint density at radius 3 is 3.17 bits per heavy atom. The molecule has 6 heteroatoms. The summed E-state index contributed by atoms with van der Waals surface area (Å²) in [5.41, 5.74) is 0.392. The van der Waals surface area contributed by atoms with Gasteiger partial charge >= 0.3 is 5.97 Å². The van der Waals surface area contributed by atoms with Gasteiger partial charge in [0.2, 0.25) is 0 Å². The van der Waals surface area contributed by atoms with Crippen molar-refractivity contribution in [3.05, 3.63) is 11.1 Å². The number of ether oxygens (including phenoxy) is 2. The minimum absolute atomic E-state index is 0.191. The van der Waals surface area contributed by atoms with E-state index in [2.05, 4.69) is 16.8 Å². The van der Waals surface area contributed by atoms with Crippen LogP contribution in [0.4, 0.5) is 5.13 Å². The molecule has 2 atom stereocenters. The van der Waals surface area contributed by atoms with Gasteiger partial charge in [0.05, 0.1) is 25.4 Å². The third-order valence-corrected chi connectivity index (χ3v) is 3.71. The molecule has 0 saturated carbocycles. The first-order chi connectivity index (χ1) is 8.61. The van der Waals surface area contributed by atoms with E-state index in [0.717, 1.165) is 11.7 Å². The maximum absolute atomic E-state index is 11.6. The summed E-state index contributed by atoms with van der Waals surface area (Å²) in [4.78, 5) is 18.1. The van der Waals surface area contributed by atoms with Crippen molar-refractivity contribution < 1.29 is 14.3 Å². The van der Waals surface area contributed by atoms with Crippen molar-refractivity contribution in [3.63, 3.8) is 0 Å². The second-order valence-electron chi connectivity index (χ2n) is 4.38. The highest BCUT2D eigenvalue weighted by Crippen LogP contribution is 2.25. The lowest BCUT2D eigenvalue weighted by molar-refractivity contribution is 0.0343. The van der Waals surface area contributed by atoms with Gasteiger partial charge in [-0.2, -0.15) is 0 Å². The molecule has 0 aromatic carbocycles. The zero-order chi connectivity index (χ0) is 13.1. The molecule has 1 aliphatic heterocycles. The second-order valence-corrected chi connectivity index (χ2v) is 5.22. The van der Waals surface area contributed by atoms with Crippen LogP contribution in [0.5, 0.6) is 0 Å². The molecule has 100 valence electrons. The molecule has 2 heterocycles. The molecule has 0 amide bonds. The molecule has 0 N–H and O–H groups in total. The number of nitrogens with zero attached hydrogens (tertiary/aromatic N) is 2. The first kappa shape index (κ1) is 13.3. The maximum atomic E-state index is 11.6. The molecular formula is C12H18N2O3S. The number of rotatable bonds is 3. The van der Waals surface area contributed by atoms with Crippen LogP contribution in [0.25, 0.3) is 0 Å². The summed E-state index contributed by atoms with van der Waals surface area (Å²) in [5.74, 6) is -0.353. The van der Waals surface area contributed by atoms with Gasteiger partial charge in [-0.1, -0.05) is 0 Å². The maximum Gasteiger partial charge on any atom is 0.357 e. The Morgan fingerprint density at radius 1 is 1.67 bits per heavy atom. The quantitative estimate of drug-likeness (QED) is 0.786. The van der Waals surface area contributed by atoms with E-state index in [-0.39, 0.29) is 18.1 Å². The van der Waals surface area contributed by atoms with E-state index in [4.69, 9.17) is 9.47 Å². The number of aromatic nitrogens is 1. The molecule has 1 fully saturated rings. The van der Waals surface area contributed by atoms with Crippen molar-refractivity contribution in [1.82, 2.24) is 4.98 Å². The lowest BCUT2D eigenvalue weighted by atomic mass is 10.2. The Morgan fingerprint density at radius 2 is 2.44 bits per heavy atom. The Bertz CT molecular complexity index is 421. The normalized spacial score (nSPS) is 24.1. The van der Waals surface area contributed by atoms with Crippen molar-refractivity contribution >= 4 is 22.4 Å². The first-order valence-corrected chi connectivity index (χ1v) is 7.00. The topological polar surface area (TPSA) is 51.7 Å². The third kappa shape index (κ3) is 2.81. The molecule has 0 bridgehead atoms. The van der Waals surface area contributed by atoms with Crippen molar-refractivity contribution in [2.24, 2.45) is 0 Å². The van der Waals surface area contributed by atoms with Crippen LogP contribution in [0.1, 0.15) is 31.3 Å². The molecule has 1 aromatic heterocycles. The summed E-state index contributed by atoms with van der Waals surface area (Å²) < 4.78 is 10.5. The van der Waals surface area contributed by atoms with Crippen LogP contribution in [-0.2, 0) is 9.47 Å². The second kappa shape index (κ2) is 5.67. The molecular weight excluding hydrogens is 252 g/mol. The fourth-order valence-electron chi connectivity index (χ4n) is 1.86. The van der Waals surface area contributed by atoms with Crippen LogP contribution in [0.15, 0.2) is 5.38 Å². The fraction of sp³-hybridized carbons (Fsp3) is 0.667. The van der Waals surface area contributed by atoms with Crippen molar-refractivity contribution in [2.75, 3.05) is 24.7 Å². The highest BCUT2D eigenvalue weighted by Gasteiger charge is 2.26. The minimum Gasteiger partial charge on any atom is -0.461 e. The van der Waals surface area contributed by atoms with Crippen molar-refractivity contribution in [3.8, 4) is 0 Å². The van der Waals surface area contributed by atoms with Gasteiger partial charge in [-0.05, 0) is 20.8 Å². The number of thiazole rings is 1. The van der Waals surface area contributed by atoms with Gasteiger partial charge in [-0.3, -0.25) is 0 Å². The van der Waals surface area contributed by atoms with Gasteiger partial charge in [0.1, 0.15) is 0 Å². The number of hydrogen-bond donors (Lipinski definition) is 0. The summed E-state index contributed by atoms with van der Waals surface area (Å²) in [6.45, 7) is 7.79. The van der Waals surface area contributed by atoms with E-state index in [1.165, 1.54) is 11.3 Å². The highest BCUT2D eigenvalue weighted by atomic mass is 32.1. The largest absolute Gasteiger partial charge is 0.461 e. The average Bonchev–Trinajstić information content (AvgIpc) is 2.82. The van der Waals surface area contributed by atoms with Crippen molar-refractivity contribution in [1.29, 1.82) is 0 Å². The summed E-state index contributed by atoms with van der Waals surface area (Å²) in [5, 5.41) is 2.61. The highest BCUT2D eigenvalue weighted by molar-refractivity contribution is 7.13. The number of esters is 1. The monoisotopic (exact) mass is 270 g/mol. The number of hydrogen-bond acceptors (Lipinski definition) is 6. The molecule has 5 nitrogen and oxygen atoms in total. The molecule has 18 heavy (non-hydrogen) atoms. The Hall–Kier alpha value is -1.14. The lowest BCUT2D eigenvalue weighted by Gasteiger charge is -2.36. The smallest absolute Gasteiger partial charge is 0.357 e. The Labute approximate surface area is 111 Å². The molecule has 1 aliphatic rings. The molecule has 2 rings (SSSR count).